The van der Waals surface area contributed by atoms with Crippen LogP contribution in [0.15, 0.2) is 50.9 Å². The maximum atomic E-state index is 10.5. The van der Waals surface area contributed by atoms with Crippen molar-refractivity contribution in [2.24, 2.45) is 5.92 Å². The average Bonchev–Trinajstić information content (AvgIpc) is 3.09. The standard InChI is InChI=1S/C15H14Br2O2/c1-9(6-15(18)19)2-3-10-7-12(10)11-4-5-13(16)14(17)8-11/h2-6,8,10,12H,7H2,1H3,(H,18,19)/b3-2+,9-6+. The SMILES string of the molecule is CC(/C=C/C1CC1c1ccc(Br)c(Br)c1)=C\C(=O)O. The third-order valence-electron chi connectivity index (χ3n) is 3.17. The van der Waals surface area contributed by atoms with E-state index in [1.54, 1.807) is 6.92 Å². The molecule has 0 bridgehead atoms. The van der Waals surface area contributed by atoms with Gasteiger partial charge in [-0.3, -0.25) is 0 Å². The summed E-state index contributed by atoms with van der Waals surface area (Å²) >= 11 is 6.97. The second kappa shape index (κ2) is 6.06. The van der Waals surface area contributed by atoms with E-state index in [0.29, 0.717) is 11.8 Å². The number of hydrogen-bond donors (Lipinski definition) is 1. The van der Waals surface area contributed by atoms with Crippen molar-refractivity contribution in [2.75, 3.05) is 0 Å². The van der Waals surface area contributed by atoms with E-state index in [9.17, 15) is 4.79 Å². The lowest BCUT2D eigenvalue weighted by molar-refractivity contribution is -0.131. The van der Waals surface area contributed by atoms with E-state index < -0.39 is 5.97 Å². The molecule has 19 heavy (non-hydrogen) atoms. The van der Waals surface area contributed by atoms with Crippen LogP contribution < -0.4 is 0 Å². The van der Waals surface area contributed by atoms with Gasteiger partial charge in [0.1, 0.15) is 0 Å². The maximum absolute atomic E-state index is 10.5. The summed E-state index contributed by atoms with van der Waals surface area (Å²) in [7, 11) is 0. The second-order valence-corrected chi connectivity index (χ2v) is 6.47. The summed E-state index contributed by atoms with van der Waals surface area (Å²) in [5.41, 5.74) is 2.10. The third kappa shape index (κ3) is 4.05. The number of allylic oxidation sites excluding steroid dienone is 3. The Labute approximate surface area is 129 Å². The number of halogens is 2. The molecule has 1 N–H and O–H groups in total. The monoisotopic (exact) mass is 384 g/mol. The Morgan fingerprint density at radius 2 is 2.11 bits per heavy atom. The molecule has 0 spiro atoms. The van der Waals surface area contributed by atoms with Crippen LogP contribution in [0.2, 0.25) is 0 Å². The molecular weight excluding hydrogens is 372 g/mol. The predicted octanol–water partition coefficient (Wildman–Crippen LogP) is 4.90. The van der Waals surface area contributed by atoms with E-state index in [0.717, 1.165) is 20.9 Å². The van der Waals surface area contributed by atoms with Crippen molar-refractivity contribution in [3.63, 3.8) is 0 Å². The lowest BCUT2D eigenvalue weighted by atomic mass is 10.1. The molecule has 1 aliphatic carbocycles. The van der Waals surface area contributed by atoms with Crippen molar-refractivity contribution in [3.05, 3.63) is 56.5 Å². The molecule has 1 saturated carbocycles. The van der Waals surface area contributed by atoms with Gasteiger partial charge in [-0.1, -0.05) is 18.2 Å². The molecule has 0 saturated heterocycles. The molecule has 100 valence electrons. The molecule has 2 nitrogen and oxygen atoms in total. The highest BCUT2D eigenvalue weighted by Gasteiger charge is 2.36. The van der Waals surface area contributed by atoms with Gasteiger partial charge >= 0.3 is 5.97 Å². The lowest BCUT2D eigenvalue weighted by Crippen LogP contribution is -1.88. The zero-order chi connectivity index (χ0) is 14.0. The van der Waals surface area contributed by atoms with Gasteiger partial charge in [0.25, 0.3) is 0 Å². The van der Waals surface area contributed by atoms with Crippen molar-refractivity contribution in [1.29, 1.82) is 0 Å². The summed E-state index contributed by atoms with van der Waals surface area (Å²) in [5.74, 6) is 0.176. The Hall–Kier alpha value is -0.870. The zero-order valence-electron chi connectivity index (χ0n) is 10.4. The Kier molecular flexibility index (Phi) is 4.63. The summed E-state index contributed by atoms with van der Waals surface area (Å²) < 4.78 is 2.13. The van der Waals surface area contributed by atoms with E-state index in [2.05, 4.69) is 50.1 Å². The van der Waals surface area contributed by atoms with E-state index in [-0.39, 0.29) is 0 Å². The van der Waals surface area contributed by atoms with Gasteiger partial charge < -0.3 is 5.11 Å². The topological polar surface area (TPSA) is 37.3 Å². The van der Waals surface area contributed by atoms with Gasteiger partial charge in [0.2, 0.25) is 0 Å². The number of rotatable bonds is 4. The molecule has 2 rings (SSSR count). The van der Waals surface area contributed by atoms with Crippen molar-refractivity contribution in [2.45, 2.75) is 19.3 Å². The van der Waals surface area contributed by atoms with Gasteiger partial charge in [-0.05, 0) is 80.3 Å². The molecule has 0 amide bonds. The van der Waals surface area contributed by atoms with Crippen LogP contribution in [-0.4, -0.2) is 11.1 Å². The lowest BCUT2D eigenvalue weighted by Gasteiger charge is -2.01. The van der Waals surface area contributed by atoms with Crippen LogP contribution in [0.1, 0.15) is 24.8 Å². The van der Waals surface area contributed by atoms with Crippen LogP contribution in [-0.2, 0) is 4.79 Å². The van der Waals surface area contributed by atoms with Crippen molar-refractivity contribution in [3.8, 4) is 0 Å². The van der Waals surface area contributed by atoms with Gasteiger partial charge in [-0.2, -0.15) is 0 Å². The van der Waals surface area contributed by atoms with Crippen LogP contribution in [0, 0.1) is 5.92 Å². The Balaban J connectivity index is 1.99. The summed E-state index contributed by atoms with van der Waals surface area (Å²) in [4.78, 5) is 10.5. The highest BCUT2D eigenvalue weighted by atomic mass is 79.9. The van der Waals surface area contributed by atoms with Gasteiger partial charge in [0.05, 0.1) is 0 Å². The van der Waals surface area contributed by atoms with Crippen LogP contribution in [0.3, 0.4) is 0 Å². The molecule has 2 unspecified atom stereocenters. The average molecular weight is 386 g/mol. The van der Waals surface area contributed by atoms with Gasteiger partial charge in [-0.25, -0.2) is 4.79 Å². The number of carboxylic acids is 1. The number of benzene rings is 1. The minimum Gasteiger partial charge on any atom is -0.478 e. The van der Waals surface area contributed by atoms with E-state index in [1.165, 1.54) is 11.6 Å². The molecule has 0 radical (unpaired) electrons. The fourth-order valence-electron chi connectivity index (χ4n) is 2.07. The summed E-state index contributed by atoms with van der Waals surface area (Å²) in [6, 6.07) is 6.32. The van der Waals surface area contributed by atoms with E-state index in [4.69, 9.17) is 5.11 Å². The van der Waals surface area contributed by atoms with Gasteiger partial charge in [0.15, 0.2) is 0 Å². The molecule has 0 heterocycles. The maximum Gasteiger partial charge on any atom is 0.328 e. The van der Waals surface area contributed by atoms with Crippen LogP contribution >= 0.6 is 31.9 Å². The molecule has 4 heteroatoms. The first-order valence-corrected chi connectivity index (χ1v) is 7.60. The van der Waals surface area contributed by atoms with Crippen molar-refractivity contribution >= 4 is 37.8 Å². The Morgan fingerprint density at radius 3 is 2.74 bits per heavy atom. The first-order chi connectivity index (χ1) is 8.97. The molecule has 1 fully saturated rings. The number of aliphatic carboxylic acids is 1. The first-order valence-electron chi connectivity index (χ1n) is 6.01. The largest absolute Gasteiger partial charge is 0.478 e. The molecule has 2 atom stereocenters. The minimum absolute atomic E-state index is 0.519. The number of carboxylic acid groups (broad SMARTS) is 1. The van der Waals surface area contributed by atoms with Crippen molar-refractivity contribution in [1.82, 2.24) is 0 Å². The van der Waals surface area contributed by atoms with E-state index in [1.807, 2.05) is 12.1 Å². The fourth-order valence-corrected chi connectivity index (χ4v) is 2.72. The van der Waals surface area contributed by atoms with Crippen LogP contribution in [0.5, 0.6) is 0 Å². The quantitative estimate of drug-likeness (QED) is 0.591. The smallest absolute Gasteiger partial charge is 0.328 e. The predicted molar refractivity (Wildman–Crippen MR) is 83.2 cm³/mol. The summed E-state index contributed by atoms with van der Waals surface area (Å²) in [5, 5.41) is 8.63. The van der Waals surface area contributed by atoms with Crippen molar-refractivity contribution < 1.29 is 9.90 Å². The molecule has 1 aromatic rings. The van der Waals surface area contributed by atoms with Crippen LogP contribution in [0.25, 0.3) is 0 Å². The molecular formula is C15H14Br2O2. The fraction of sp³-hybridized carbons (Fsp3) is 0.267. The summed E-state index contributed by atoms with van der Waals surface area (Å²) in [6.07, 6.45) is 6.36. The molecule has 1 aromatic carbocycles. The minimum atomic E-state index is -0.897. The van der Waals surface area contributed by atoms with E-state index >= 15 is 0 Å². The first kappa shape index (κ1) is 14.5. The zero-order valence-corrected chi connectivity index (χ0v) is 13.6. The molecule has 0 aliphatic heterocycles. The van der Waals surface area contributed by atoms with Gasteiger partial charge in [-0.15, -0.1) is 0 Å². The Morgan fingerprint density at radius 1 is 1.37 bits per heavy atom. The molecule has 0 aromatic heterocycles. The second-order valence-electron chi connectivity index (χ2n) is 4.77. The summed E-state index contributed by atoms with van der Waals surface area (Å²) in [6.45, 7) is 1.80. The molecule has 1 aliphatic rings. The van der Waals surface area contributed by atoms with Gasteiger partial charge in [0, 0.05) is 15.0 Å². The number of hydrogen-bond acceptors (Lipinski definition) is 1. The highest BCUT2D eigenvalue weighted by molar-refractivity contribution is 9.13. The normalized spacial score (nSPS) is 22.8. The Bertz CT molecular complexity index is 561. The highest BCUT2D eigenvalue weighted by Crippen LogP contribution is 2.49. The number of carbonyl (C=O) groups is 1. The van der Waals surface area contributed by atoms with Crippen LogP contribution in [0.4, 0.5) is 0 Å². The third-order valence-corrected chi connectivity index (χ3v) is 5.05.